The number of anilines is 1. The second-order valence-corrected chi connectivity index (χ2v) is 6.95. The molecular weight excluding hydrogens is 366 g/mol. The SMILES string of the molecule is CCOc1ccc(NC(=O)COC(=O)c2cc(CC)c(C)s2)cc1OCC. The molecule has 27 heavy (non-hydrogen) atoms. The molecule has 1 N–H and O–H groups in total. The lowest BCUT2D eigenvalue weighted by Gasteiger charge is -2.13. The third-order valence-corrected chi connectivity index (χ3v) is 4.84. The molecule has 0 saturated carbocycles. The molecule has 0 radical (unpaired) electrons. The Bertz CT molecular complexity index is 800. The summed E-state index contributed by atoms with van der Waals surface area (Å²) in [5.41, 5.74) is 1.66. The normalized spacial score (nSPS) is 10.4. The van der Waals surface area contributed by atoms with Crippen molar-refractivity contribution in [3.8, 4) is 11.5 Å². The van der Waals surface area contributed by atoms with Crippen LogP contribution in [0.1, 0.15) is 40.9 Å². The van der Waals surface area contributed by atoms with Crippen LogP contribution in [0.25, 0.3) is 0 Å². The quantitative estimate of drug-likeness (QED) is 0.648. The first-order valence-corrected chi connectivity index (χ1v) is 9.76. The number of hydrogen-bond acceptors (Lipinski definition) is 6. The van der Waals surface area contributed by atoms with Crippen molar-refractivity contribution in [1.29, 1.82) is 0 Å². The van der Waals surface area contributed by atoms with Gasteiger partial charge in [0.05, 0.1) is 13.2 Å². The van der Waals surface area contributed by atoms with E-state index in [4.69, 9.17) is 14.2 Å². The summed E-state index contributed by atoms with van der Waals surface area (Å²) in [4.78, 5) is 25.8. The van der Waals surface area contributed by atoms with Crippen molar-refractivity contribution in [1.82, 2.24) is 0 Å². The van der Waals surface area contributed by atoms with E-state index in [0.717, 1.165) is 16.9 Å². The molecule has 0 aliphatic heterocycles. The topological polar surface area (TPSA) is 73.9 Å². The summed E-state index contributed by atoms with van der Waals surface area (Å²) in [6, 6.07) is 6.95. The molecule has 0 atom stereocenters. The molecule has 1 aromatic carbocycles. The van der Waals surface area contributed by atoms with E-state index >= 15 is 0 Å². The Hall–Kier alpha value is -2.54. The summed E-state index contributed by atoms with van der Waals surface area (Å²) in [6.45, 7) is 8.40. The lowest BCUT2D eigenvalue weighted by molar-refractivity contribution is -0.119. The van der Waals surface area contributed by atoms with Crippen LogP contribution in [0, 0.1) is 6.92 Å². The first-order chi connectivity index (χ1) is 13.0. The fourth-order valence-corrected chi connectivity index (χ4v) is 3.51. The highest BCUT2D eigenvalue weighted by atomic mass is 32.1. The van der Waals surface area contributed by atoms with Crippen molar-refractivity contribution in [2.24, 2.45) is 0 Å². The van der Waals surface area contributed by atoms with Crippen LogP contribution in [0.2, 0.25) is 0 Å². The molecule has 7 heteroatoms. The summed E-state index contributed by atoms with van der Waals surface area (Å²) >= 11 is 1.38. The molecule has 2 aromatic rings. The Balaban J connectivity index is 1.94. The highest BCUT2D eigenvalue weighted by molar-refractivity contribution is 7.14. The van der Waals surface area contributed by atoms with Gasteiger partial charge in [0.2, 0.25) is 0 Å². The molecule has 0 aliphatic rings. The van der Waals surface area contributed by atoms with Crippen LogP contribution < -0.4 is 14.8 Å². The van der Waals surface area contributed by atoms with Gasteiger partial charge in [0.15, 0.2) is 18.1 Å². The first kappa shape index (κ1) is 20.8. The van der Waals surface area contributed by atoms with Crippen molar-refractivity contribution >= 4 is 28.9 Å². The largest absolute Gasteiger partial charge is 0.490 e. The van der Waals surface area contributed by atoms with Crippen LogP contribution in [-0.4, -0.2) is 31.7 Å². The van der Waals surface area contributed by atoms with Gasteiger partial charge in [0.25, 0.3) is 5.91 Å². The van der Waals surface area contributed by atoms with Crippen LogP contribution in [0.15, 0.2) is 24.3 Å². The Morgan fingerprint density at radius 2 is 1.74 bits per heavy atom. The standard InChI is InChI=1S/C20H25NO5S/c1-5-14-10-18(27-13(14)4)20(23)26-12-19(22)21-15-8-9-16(24-6-2)17(11-15)25-7-3/h8-11H,5-7,12H2,1-4H3,(H,21,22). The molecule has 0 unspecified atom stereocenters. The van der Waals surface area contributed by atoms with E-state index in [2.05, 4.69) is 5.32 Å². The van der Waals surface area contributed by atoms with E-state index in [9.17, 15) is 9.59 Å². The number of benzene rings is 1. The molecule has 0 saturated heterocycles. The minimum Gasteiger partial charge on any atom is -0.490 e. The smallest absolute Gasteiger partial charge is 0.348 e. The van der Waals surface area contributed by atoms with Gasteiger partial charge in [-0.05, 0) is 51.0 Å². The Morgan fingerprint density at radius 1 is 1.04 bits per heavy atom. The van der Waals surface area contributed by atoms with Gasteiger partial charge in [-0.2, -0.15) is 0 Å². The lowest BCUT2D eigenvalue weighted by Crippen LogP contribution is -2.20. The minimum atomic E-state index is -0.486. The highest BCUT2D eigenvalue weighted by Gasteiger charge is 2.15. The molecule has 0 fully saturated rings. The van der Waals surface area contributed by atoms with E-state index in [0.29, 0.717) is 35.3 Å². The Morgan fingerprint density at radius 3 is 2.37 bits per heavy atom. The van der Waals surface area contributed by atoms with Gasteiger partial charge in [-0.3, -0.25) is 4.79 Å². The Labute approximate surface area is 163 Å². The van der Waals surface area contributed by atoms with Gasteiger partial charge in [-0.25, -0.2) is 4.79 Å². The number of ether oxygens (including phenoxy) is 3. The maximum atomic E-state index is 12.1. The van der Waals surface area contributed by atoms with Crippen LogP contribution in [0.4, 0.5) is 5.69 Å². The van der Waals surface area contributed by atoms with Gasteiger partial charge in [-0.1, -0.05) is 6.92 Å². The van der Waals surface area contributed by atoms with Gasteiger partial charge >= 0.3 is 5.97 Å². The van der Waals surface area contributed by atoms with Crippen LogP contribution in [-0.2, 0) is 16.0 Å². The predicted molar refractivity (Wildman–Crippen MR) is 106 cm³/mol. The van der Waals surface area contributed by atoms with Crippen molar-refractivity contribution in [2.75, 3.05) is 25.1 Å². The van der Waals surface area contributed by atoms with Crippen LogP contribution in [0.3, 0.4) is 0 Å². The molecule has 1 amide bonds. The van der Waals surface area contributed by atoms with Crippen molar-refractivity contribution in [3.05, 3.63) is 39.6 Å². The second kappa shape index (κ2) is 9.97. The number of aryl methyl sites for hydroxylation is 2. The molecule has 146 valence electrons. The summed E-state index contributed by atoms with van der Waals surface area (Å²) in [5, 5.41) is 2.70. The lowest BCUT2D eigenvalue weighted by atomic mass is 10.2. The zero-order valence-corrected chi connectivity index (χ0v) is 16.9. The number of hydrogen-bond donors (Lipinski definition) is 1. The number of nitrogens with one attached hydrogen (secondary N) is 1. The summed E-state index contributed by atoms with van der Waals surface area (Å²) in [5.74, 6) is 0.262. The number of rotatable bonds is 9. The molecule has 1 aromatic heterocycles. The number of carbonyl (C=O) groups is 2. The number of carbonyl (C=O) groups excluding carboxylic acids is 2. The molecule has 0 bridgehead atoms. The molecular formula is C20H25NO5S. The number of esters is 1. The summed E-state index contributed by atoms with van der Waals surface area (Å²) in [7, 11) is 0. The van der Waals surface area contributed by atoms with Gasteiger partial charge in [0.1, 0.15) is 4.88 Å². The maximum absolute atomic E-state index is 12.1. The molecule has 1 heterocycles. The van der Waals surface area contributed by atoms with E-state index in [1.54, 1.807) is 18.2 Å². The van der Waals surface area contributed by atoms with Crippen LogP contribution >= 0.6 is 11.3 Å². The monoisotopic (exact) mass is 391 g/mol. The van der Waals surface area contributed by atoms with E-state index in [1.165, 1.54) is 11.3 Å². The van der Waals surface area contributed by atoms with E-state index in [-0.39, 0.29) is 6.61 Å². The molecule has 0 spiro atoms. The fourth-order valence-electron chi connectivity index (χ4n) is 2.50. The maximum Gasteiger partial charge on any atom is 0.348 e. The number of thiophene rings is 1. The van der Waals surface area contributed by atoms with Gasteiger partial charge < -0.3 is 19.5 Å². The van der Waals surface area contributed by atoms with E-state index < -0.39 is 11.9 Å². The predicted octanol–water partition coefficient (Wildman–Crippen LogP) is 4.21. The van der Waals surface area contributed by atoms with Crippen molar-refractivity contribution < 1.29 is 23.8 Å². The average Bonchev–Trinajstić information content (AvgIpc) is 3.03. The summed E-state index contributed by atoms with van der Waals surface area (Å²) < 4.78 is 16.1. The number of amides is 1. The third kappa shape index (κ3) is 5.72. The minimum absolute atomic E-state index is 0.353. The van der Waals surface area contributed by atoms with Crippen molar-refractivity contribution in [3.63, 3.8) is 0 Å². The van der Waals surface area contributed by atoms with Gasteiger partial charge in [-0.15, -0.1) is 11.3 Å². The average molecular weight is 391 g/mol. The fraction of sp³-hybridized carbons (Fsp3) is 0.400. The van der Waals surface area contributed by atoms with E-state index in [1.807, 2.05) is 33.8 Å². The Kier molecular flexibility index (Phi) is 7.67. The van der Waals surface area contributed by atoms with Gasteiger partial charge in [0, 0.05) is 16.6 Å². The second-order valence-electron chi connectivity index (χ2n) is 5.70. The van der Waals surface area contributed by atoms with Crippen molar-refractivity contribution in [2.45, 2.75) is 34.1 Å². The zero-order chi connectivity index (χ0) is 19.8. The first-order valence-electron chi connectivity index (χ1n) is 8.94. The highest BCUT2D eigenvalue weighted by Crippen LogP contribution is 2.30. The third-order valence-electron chi connectivity index (χ3n) is 3.76. The molecule has 0 aliphatic carbocycles. The zero-order valence-electron chi connectivity index (χ0n) is 16.1. The molecule has 6 nitrogen and oxygen atoms in total. The molecule has 2 rings (SSSR count). The summed E-state index contributed by atoms with van der Waals surface area (Å²) in [6.07, 6.45) is 0.857. The van der Waals surface area contributed by atoms with Crippen LogP contribution in [0.5, 0.6) is 11.5 Å².